The third-order valence-electron chi connectivity index (χ3n) is 2.83. The van der Waals surface area contributed by atoms with Gasteiger partial charge in [0.15, 0.2) is 0 Å². The summed E-state index contributed by atoms with van der Waals surface area (Å²) in [6.07, 6.45) is 0.998. The first-order valence-corrected chi connectivity index (χ1v) is 7.64. The van der Waals surface area contributed by atoms with Gasteiger partial charge in [-0.2, -0.15) is 0 Å². The van der Waals surface area contributed by atoms with E-state index in [-0.39, 0.29) is 12.4 Å². The lowest BCUT2D eigenvalue weighted by molar-refractivity contribution is -0.153. The minimum atomic E-state index is -0.713. The molecule has 21 heavy (non-hydrogen) atoms. The first-order valence-electron chi connectivity index (χ1n) is 6.82. The third-order valence-corrected chi connectivity index (χ3v) is 3.71. The first-order chi connectivity index (χ1) is 9.67. The van der Waals surface area contributed by atoms with Crippen molar-refractivity contribution in [3.8, 4) is 0 Å². The van der Waals surface area contributed by atoms with Crippen LogP contribution in [0.4, 0.5) is 0 Å². The van der Waals surface area contributed by atoms with Crippen molar-refractivity contribution in [1.82, 2.24) is 9.97 Å². The number of aryl methyl sites for hydroxylation is 1. The van der Waals surface area contributed by atoms with E-state index in [1.807, 2.05) is 27.7 Å². The van der Waals surface area contributed by atoms with Crippen molar-refractivity contribution in [3.63, 3.8) is 0 Å². The third kappa shape index (κ3) is 3.77. The molecule has 1 unspecified atom stereocenters. The van der Waals surface area contributed by atoms with Crippen LogP contribution in [0.3, 0.4) is 0 Å². The van der Waals surface area contributed by atoms with Crippen LogP contribution in [-0.2, 0) is 16.0 Å². The molecular formula is C15H20N2O3S. The van der Waals surface area contributed by atoms with Gasteiger partial charge < -0.3 is 9.84 Å². The fourth-order valence-corrected chi connectivity index (χ4v) is 2.95. The molecule has 0 aliphatic rings. The summed E-state index contributed by atoms with van der Waals surface area (Å²) in [6, 6.07) is 0. The van der Waals surface area contributed by atoms with E-state index in [0.29, 0.717) is 16.6 Å². The zero-order chi connectivity index (χ0) is 15.8. The van der Waals surface area contributed by atoms with Crippen molar-refractivity contribution in [1.29, 1.82) is 0 Å². The van der Waals surface area contributed by atoms with Crippen LogP contribution in [0.15, 0.2) is 6.20 Å². The Labute approximate surface area is 128 Å². The number of hydrogen-bond donors (Lipinski definition) is 1. The maximum Gasteiger partial charge on any atom is 0.310 e. The SMILES string of the molecule is Cc1nc2c(C(C)O)c(CC(=O)OC(C)(C)C)cnc2s1. The van der Waals surface area contributed by atoms with Crippen molar-refractivity contribution in [3.05, 3.63) is 22.3 Å². The highest BCUT2D eigenvalue weighted by atomic mass is 32.1. The highest BCUT2D eigenvalue weighted by molar-refractivity contribution is 7.18. The summed E-state index contributed by atoms with van der Waals surface area (Å²) in [7, 11) is 0. The minimum absolute atomic E-state index is 0.0804. The zero-order valence-corrected chi connectivity index (χ0v) is 13.7. The van der Waals surface area contributed by atoms with E-state index < -0.39 is 11.7 Å². The lowest BCUT2D eigenvalue weighted by Gasteiger charge is -2.20. The maximum absolute atomic E-state index is 12.0. The second-order valence-electron chi connectivity index (χ2n) is 6.02. The van der Waals surface area contributed by atoms with E-state index in [9.17, 15) is 9.90 Å². The molecule has 0 aliphatic carbocycles. The van der Waals surface area contributed by atoms with Crippen LogP contribution in [-0.4, -0.2) is 26.6 Å². The monoisotopic (exact) mass is 308 g/mol. The number of aromatic nitrogens is 2. The van der Waals surface area contributed by atoms with Crippen LogP contribution in [0, 0.1) is 6.92 Å². The van der Waals surface area contributed by atoms with E-state index >= 15 is 0 Å². The molecule has 0 fully saturated rings. The largest absolute Gasteiger partial charge is 0.460 e. The number of hydrogen-bond acceptors (Lipinski definition) is 6. The van der Waals surface area contributed by atoms with Crippen LogP contribution in [0.25, 0.3) is 10.3 Å². The summed E-state index contributed by atoms with van der Waals surface area (Å²) in [5, 5.41) is 10.9. The van der Waals surface area contributed by atoms with Gasteiger partial charge in [-0.05, 0) is 40.2 Å². The van der Waals surface area contributed by atoms with E-state index in [2.05, 4.69) is 9.97 Å². The lowest BCUT2D eigenvalue weighted by Crippen LogP contribution is -2.25. The number of ether oxygens (including phenoxy) is 1. The van der Waals surface area contributed by atoms with Crippen LogP contribution in [0.2, 0.25) is 0 Å². The Balaban J connectivity index is 2.39. The normalized spacial score (nSPS) is 13.4. The number of carbonyl (C=O) groups is 1. The quantitative estimate of drug-likeness (QED) is 0.883. The molecule has 2 aromatic rings. The van der Waals surface area contributed by atoms with Crippen LogP contribution in [0.1, 0.15) is 49.9 Å². The predicted molar refractivity (Wildman–Crippen MR) is 82.3 cm³/mol. The van der Waals surface area contributed by atoms with E-state index in [1.165, 1.54) is 11.3 Å². The molecule has 2 rings (SSSR count). The highest BCUT2D eigenvalue weighted by Gasteiger charge is 2.21. The standard InChI is InChI=1S/C15H20N2O3S/c1-8(18)12-10(6-11(19)20-15(3,4)5)7-16-14-13(12)17-9(2)21-14/h7-8,18H,6H2,1-5H3. The number of rotatable bonds is 3. The van der Waals surface area contributed by atoms with Gasteiger partial charge in [-0.25, -0.2) is 9.97 Å². The number of aliphatic hydroxyl groups excluding tert-OH is 1. The molecular weight excluding hydrogens is 288 g/mol. The second-order valence-corrected chi connectivity index (χ2v) is 7.20. The van der Waals surface area contributed by atoms with Gasteiger partial charge >= 0.3 is 5.97 Å². The Hall–Kier alpha value is -1.53. The summed E-state index contributed by atoms with van der Waals surface area (Å²) in [4.78, 5) is 21.5. The molecule has 2 aromatic heterocycles. The topological polar surface area (TPSA) is 72.3 Å². The van der Waals surface area contributed by atoms with Gasteiger partial charge in [0.25, 0.3) is 0 Å². The fraction of sp³-hybridized carbons (Fsp3) is 0.533. The number of pyridine rings is 1. The molecule has 6 heteroatoms. The Morgan fingerprint density at radius 1 is 1.48 bits per heavy atom. The molecule has 2 heterocycles. The number of aliphatic hydroxyl groups is 1. The van der Waals surface area contributed by atoms with Gasteiger partial charge in [0, 0.05) is 11.8 Å². The Kier molecular flexibility index (Phi) is 4.30. The van der Waals surface area contributed by atoms with Gasteiger partial charge in [-0.1, -0.05) is 11.3 Å². The smallest absolute Gasteiger partial charge is 0.310 e. The van der Waals surface area contributed by atoms with Gasteiger partial charge in [-0.15, -0.1) is 0 Å². The van der Waals surface area contributed by atoms with Gasteiger partial charge in [0.2, 0.25) is 0 Å². The van der Waals surface area contributed by atoms with Crippen molar-refractivity contribution in [2.24, 2.45) is 0 Å². The average Bonchev–Trinajstić information content (AvgIpc) is 2.65. The molecule has 0 aliphatic heterocycles. The van der Waals surface area contributed by atoms with Gasteiger partial charge in [0.1, 0.15) is 15.9 Å². The first kappa shape index (κ1) is 15.9. The van der Waals surface area contributed by atoms with Crippen molar-refractivity contribution < 1.29 is 14.6 Å². The summed E-state index contributed by atoms with van der Waals surface area (Å²) in [6.45, 7) is 9.04. The van der Waals surface area contributed by atoms with E-state index in [1.54, 1.807) is 13.1 Å². The number of fused-ring (bicyclic) bond motifs is 1. The van der Waals surface area contributed by atoms with Crippen LogP contribution >= 0.6 is 11.3 Å². The Bertz CT molecular complexity index is 671. The molecule has 0 radical (unpaired) electrons. The lowest BCUT2D eigenvalue weighted by atomic mass is 10.0. The summed E-state index contributed by atoms with van der Waals surface area (Å²) in [5.74, 6) is -0.336. The summed E-state index contributed by atoms with van der Waals surface area (Å²) in [5.41, 5.74) is 1.47. The number of nitrogens with zero attached hydrogens (tertiary/aromatic N) is 2. The number of esters is 1. The second kappa shape index (κ2) is 5.69. The minimum Gasteiger partial charge on any atom is -0.460 e. The van der Waals surface area contributed by atoms with E-state index in [0.717, 1.165) is 9.84 Å². The van der Waals surface area contributed by atoms with Crippen LogP contribution in [0.5, 0.6) is 0 Å². The molecule has 0 saturated heterocycles. The number of carbonyl (C=O) groups excluding carboxylic acids is 1. The van der Waals surface area contributed by atoms with Gasteiger partial charge in [0.05, 0.1) is 17.5 Å². The highest BCUT2D eigenvalue weighted by Crippen LogP contribution is 2.30. The molecule has 0 amide bonds. The molecule has 5 nitrogen and oxygen atoms in total. The van der Waals surface area contributed by atoms with E-state index in [4.69, 9.17) is 4.74 Å². The summed E-state index contributed by atoms with van der Waals surface area (Å²) < 4.78 is 5.33. The summed E-state index contributed by atoms with van der Waals surface area (Å²) >= 11 is 1.47. The fourth-order valence-electron chi connectivity index (χ4n) is 2.18. The van der Waals surface area contributed by atoms with Crippen LogP contribution < -0.4 is 0 Å². The zero-order valence-electron chi connectivity index (χ0n) is 12.9. The Morgan fingerprint density at radius 3 is 2.71 bits per heavy atom. The predicted octanol–water partition coefficient (Wildman–Crippen LogP) is 2.94. The molecule has 114 valence electrons. The molecule has 1 atom stereocenters. The molecule has 0 bridgehead atoms. The Morgan fingerprint density at radius 2 is 2.14 bits per heavy atom. The average molecular weight is 308 g/mol. The molecule has 1 N–H and O–H groups in total. The van der Waals surface area contributed by atoms with Crippen molar-refractivity contribution >= 4 is 27.7 Å². The van der Waals surface area contributed by atoms with Gasteiger partial charge in [-0.3, -0.25) is 4.79 Å². The number of thiazole rings is 1. The maximum atomic E-state index is 12.0. The molecule has 0 spiro atoms. The molecule has 0 aromatic carbocycles. The molecule has 0 saturated carbocycles. The van der Waals surface area contributed by atoms with Crippen molar-refractivity contribution in [2.45, 2.75) is 52.7 Å². The van der Waals surface area contributed by atoms with Crippen molar-refractivity contribution in [2.75, 3.05) is 0 Å².